The lowest BCUT2D eigenvalue weighted by Crippen LogP contribution is -2.49. The average Bonchev–Trinajstić information content (AvgIpc) is 3.16. The number of carbonyl (C=O) groups is 3. The molecule has 2 aliphatic heterocycles. The fourth-order valence-electron chi connectivity index (χ4n) is 3.03. The third-order valence-electron chi connectivity index (χ3n) is 4.35. The number of amides is 4. The van der Waals surface area contributed by atoms with Gasteiger partial charge in [-0.3, -0.25) is 14.9 Å². The summed E-state index contributed by atoms with van der Waals surface area (Å²) in [4.78, 5) is 42.8. The minimum absolute atomic E-state index is 0.103. The van der Waals surface area contributed by atoms with Gasteiger partial charge in [-0.15, -0.1) is 11.3 Å². The lowest BCUT2D eigenvalue weighted by molar-refractivity contribution is -0.123. The summed E-state index contributed by atoms with van der Waals surface area (Å²) in [6.07, 6.45) is 3.47. The molecule has 124 valence electrons. The minimum Gasteiger partial charge on any atom is -0.335 e. The quantitative estimate of drug-likeness (QED) is 0.809. The Labute approximate surface area is 138 Å². The molecule has 7 nitrogen and oxygen atoms in total. The van der Waals surface area contributed by atoms with Crippen molar-refractivity contribution < 1.29 is 14.4 Å². The molecule has 2 fully saturated rings. The van der Waals surface area contributed by atoms with Gasteiger partial charge in [0.25, 0.3) is 11.8 Å². The maximum atomic E-state index is 12.7. The highest BCUT2D eigenvalue weighted by Gasteiger charge is 2.51. The van der Waals surface area contributed by atoms with E-state index in [1.807, 2.05) is 6.92 Å². The highest BCUT2D eigenvalue weighted by molar-refractivity contribution is 7.13. The number of thiazole rings is 1. The van der Waals surface area contributed by atoms with Crippen molar-refractivity contribution >= 4 is 29.2 Å². The molecule has 0 bridgehead atoms. The molecule has 2 N–H and O–H groups in total. The van der Waals surface area contributed by atoms with Gasteiger partial charge in [0.05, 0.1) is 17.2 Å². The molecule has 0 radical (unpaired) electrons. The van der Waals surface area contributed by atoms with Gasteiger partial charge in [0.1, 0.15) is 10.4 Å². The summed E-state index contributed by atoms with van der Waals surface area (Å²) in [5.74, 6) is -0.448. The Bertz CT molecular complexity index is 672. The molecule has 1 aromatic heterocycles. The second-order valence-electron chi connectivity index (χ2n) is 6.09. The average molecular weight is 336 g/mol. The zero-order valence-corrected chi connectivity index (χ0v) is 14.1. The maximum absolute atomic E-state index is 12.7. The number of nitrogens with one attached hydrogen (secondary N) is 2. The van der Waals surface area contributed by atoms with E-state index in [0.29, 0.717) is 17.8 Å². The first-order valence-electron chi connectivity index (χ1n) is 7.84. The number of imide groups is 1. The summed E-state index contributed by atoms with van der Waals surface area (Å²) in [5, 5.41) is 5.89. The van der Waals surface area contributed by atoms with Crippen molar-refractivity contribution in [2.75, 3.05) is 13.1 Å². The topological polar surface area (TPSA) is 91.4 Å². The van der Waals surface area contributed by atoms with Gasteiger partial charge in [0.15, 0.2) is 0 Å². The van der Waals surface area contributed by atoms with E-state index in [9.17, 15) is 14.4 Å². The van der Waals surface area contributed by atoms with Gasteiger partial charge < -0.3 is 10.2 Å². The van der Waals surface area contributed by atoms with Gasteiger partial charge in [-0.1, -0.05) is 13.3 Å². The van der Waals surface area contributed by atoms with Crippen molar-refractivity contribution in [2.45, 2.75) is 45.1 Å². The van der Waals surface area contributed by atoms with Crippen LogP contribution in [0.3, 0.4) is 0 Å². The molecule has 8 heteroatoms. The van der Waals surface area contributed by atoms with Crippen LogP contribution < -0.4 is 10.6 Å². The number of nitrogens with zero attached hydrogens (tertiary/aromatic N) is 2. The highest BCUT2D eigenvalue weighted by atomic mass is 32.1. The minimum atomic E-state index is -0.962. The van der Waals surface area contributed by atoms with E-state index in [-0.39, 0.29) is 18.4 Å². The largest absolute Gasteiger partial charge is 0.335 e. The molecule has 0 saturated carbocycles. The highest BCUT2D eigenvalue weighted by Crippen LogP contribution is 2.28. The van der Waals surface area contributed by atoms with Crippen LogP contribution in [0.4, 0.5) is 4.79 Å². The molecular formula is C15H20N4O3S. The van der Waals surface area contributed by atoms with Crippen molar-refractivity contribution in [3.8, 4) is 0 Å². The molecule has 3 heterocycles. The van der Waals surface area contributed by atoms with E-state index in [0.717, 1.165) is 30.0 Å². The second kappa shape index (κ2) is 5.92. The predicted molar refractivity (Wildman–Crippen MR) is 85.4 cm³/mol. The molecule has 1 aromatic rings. The third-order valence-corrected chi connectivity index (χ3v) is 5.56. The van der Waals surface area contributed by atoms with E-state index in [2.05, 4.69) is 22.5 Å². The standard InChI is InChI=1S/C15H20N4O3S/c1-3-4-5-10-16-9(2)11(23-10)12(20)19-7-6-15(8-19)13(21)17-14(22)18-15/h3-8H2,1-2H3,(H2,17,18,21,22)/t15-/m1/s1. The number of hydrogen-bond donors (Lipinski definition) is 2. The van der Waals surface area contributed by atoms with E-state index >= 15 is 0 Å². The van der Waals surface area contributed by atoms with Gasteiger partial charge >= 0.3 is 6.03 Å². The van der Waals surface area contributed by atoms with Crippen LogP contribution in [-0.4, -0.2) is 46.4 Å². The Morgan fingerprint density at radius 2 is 2.22 bits per heavy atom. The Kier molecular flexibility index (Phi) is 4.09. The molecule has 0 aliphatic carbocycles. The number of likely N-dealkylation sites (tertiary alicyclic amines) is 1. The summed E-state index contributed by atoms with van der Waals surface area (Å²) in [6.45, 7) is 4.63. The SMILES string of the molecule is CCCCc1nc(C)c(C(=O)N2CC[C@]3(C2)NC(=O)NC3=O)s1. The smallest absolute Gasteiger partial charge is 0.322 e. The molecule has 0 aromatic carbocycles. The summed E-state index contributed by atoms with van der Waals surface area (Å²) >= 11 is 1.44. The first kappa shape index (κ1) is 15.9. The Morgan fingerprint density at radius 3 is 2.87 bits per heavy atom. The van der Waals surface area contributed by atoms with Crippen molar-refractivity contribution in [3.63, 3.8) is 0 Å². The van der Waals surface area contributed by atoms with Gasteiger partial charge in [0, 0.05) is 6.54 Å². The second-order valence-corrected chi connectivity index (χ2v) is 7.18. The van der Waals surface area contributed by atoms with Gasteiger partial charge in [-0.25, -0.2) is 9.78 Å². The van der Waals surface area contributed by atoms with Crippen LogP contribution in [0.15, 0.2) is 0 Å². The van der Waals surface area contributed by atoms with Crippen LogP contribution in [0.5, 0.6) is 0 Å². The molecule has 2 saturated heterocycles. The number of aryl methyl sites for hydroxylation is 2. The predicted octanol–water partition coefficient (Wildman–Crippen LogP) is 1.22. The number of aromatic nitrogens is 1. The fourth-order valence-corrected chi connectivity index (χ4v) is 4.10. The number of carbonyl (C=O) groups excluding carboxylic acids is 3. The third kappa shape index (κ3) is 2.83. The molecule has 4 amide bonds. The van der Waals surface area contributed by atoms with E-state index < -0.39 is 11.6 Å². The molecule has 1 atom stereocenters. The summed E-state index contributed by atoms with van der Waals surface area (Å²) in [6, 6.07) is -0.486. The Hall–Kier alpha value is -1.96. The van der Waals surface area contributed by atoms with E-state index in [1.165, 1.54) is 11.3 Å². The van der Waals surface area contributed by atoms with Gasteiger partial charge in [0.2, 0.25) is 0 Å². The molecule has 2 aliphatic rings. The molecular weight excluding hydrogens is 316 g/mol. The van der Waals surface area contributed by atoms with E-state index in [1.54, 1.807) is 4.90 Å². The molecule has 23 heavy (non-hydrogen) atoms. The van der Waals surface area contributed by atoms with Crippen LogP contribution in [0.2, 0.25) is 0 Å². The number of urea groups is 1. The van der Waals surface area contributed by atoms with Crippen molar-refractivity contribution in [2.24, 2.45) is 0 Å². The molecule has 1 spiro atoms. The van der Waals surface area contributed by atoms with Gasteiger partial charge in [-0.05, 0) is 26.2 Å². The van der Waals surface area contributed by atoms with Crippen LogP contribution in [0.1, 0.15) is 46.6 Å². The lowest BCUT2D eigenvalue weighted by atomic mass is 10.00. The monoisotopic (exact) mass is 336 g/mol. The summed E-state index contributed by atoms with van der Waals surface area (Å²) < 4.78 is 0. The summed E-state index contributed by atoms with van der Waals surface area (Å²) in [5.41, 5.74) is -0.219. The number of rotatable bonds is 4. The Balaban J connectivity index is 1.73. The lowest BCUT2D eigenvalue weighted by Gasteiger charge is -2.20. The van der Waals surface area contributed by atoms with Crippen molar-refractivity contribution in [3.05, 3.63) is 15.6 Å². The number of hydrogen-bond acceptors (Lipinski definition) is 5. The van der Waals surface area contributed by atoms with Crippen molar-refractivity contribution in [1.82, 2.24) is 20.5 Å². The zero-order chi connectivity index (χ0) is 16.6. The summed E-state index contributed by atoms with van der Waals surface area (Å²) in [7, 11) is 0. The maximum Gasteiger partial charge on any atom is 0.322 e. The first-order chi connectivity index (χ1) is 10.9. The normalized spacial score (nSPS) is 23.5. The first-order valence-corrected chi connectivity index (χ1v) is 8.66. The Morgan fingerprint density at radius 1 is 1.43 bits per heavy atom. The fraction of sp³-hybridized carbons (Fsp3) is 0.600. The zero-order valence-electron chi connectivity index (χ0n) is 13.3. The van der Waals surface area contributed by atoms with Crippen LogP contribution in [0, 0.1) is 6.92 Å². The van der Waals surface area contributed by atoms with Crippen molar-refractivity contribution in [1.29, 1.82) is 0 Å². The van der Waals surface area contributed by atoms with E-state index in [4.69, 9.17) is 0 Å². The van der Waals surface area contributed by atoms with Crippen LogP contribution in [0.25, 0.3) is 0 Å². The molecule has 3 rings (SSSR count). The van der Waals surface area contributed by atoms with Crippen LogP contribution in [-0.2, 0) is 11.2 Å². The van der Waals surface area contributed by atoms with Crippen LogP contribution >= 0.6 is 11.3 Å². The molecule has 0 unspecified atom stereocenters. The van der Waals surface area contributed by atoms with Gasteiger partial charge in [-0.2, -0.15) is 0 Å². The number of unbranched alkanes of at least 4 members (excludes halogenated alkanes) is 1.